The van der Waals surface area contributed by atoms with E-state index >= 15 is 0 Å². The molecule has 1 aliphatic rings. The molecule has 35 heavy (non-hydrogen) atoms. The van der Waals surface area contributed by atoms with E-state index in [0.717, 1.165) is 58.2 Å². The van der Waals surface area contributed by atoms with E-state index in [1.807, 2.05) is 27.1 Å². The molecule has 5 heterocycles. The van der Waals surface area contributed by atoms with E-state index in [9.17, 15) is 4.79 Å². The second-order valence-electron chi connectivity index (χ2n) is 8.90. The van der Waals surface area contributed by atoms with Crippen molar-refractivity contribution in [2.24, 2.45) is 0 Å². The van der Waals surface area contributed by atoms with Crippen LogP contribution >= 0.6 is 11.3 Å². The first kappa shape index (κ1) is 21.7. The number of fused-ring (bicyclic) bond motifs is 2. The molecule has 0 unspecified atom stereocenters. The molecule has 178 valence electrons. The number of rotatable bonds is 5. The van der Waals surface area contributed by atoms with Crippen molar-refractivity contribution in [3.63, 3.8) is 0 Å². The van der Waals surface area contributed by atoms with Crippen LogP contribution in [0, 0.1) is 0 Å². The lowest BCUT2D eigenvalue weighted by Crippen LogP contribution is -2.54. The Morgan fingerprint density at radius 2 is 2.09 bits per heavy atom. The Kier molecular flexibility index (Phi) is 5.44. The van der Waals surface area contributed by atoms with Crippen molar-refractivity contribution in [1.29, 1.82) is 0 Å². The van der Waals surface area contributed by atoms with Crippen LogP contribution in [0.3, 0.4) is 0 Å². The molecule has 0 saturated carbocycles. The number of pyridine rings is 1. The lowest BCUT2D eigenvalue weighted by molar-refractivity contribution is -0.134. The summed E-state index contributed by atoms with van der Waals surface area (Å²) in [5, 5.41) is 1.09. The van der Waals surface area contributed by atoms with Gasteiger partial charge in [-0.3, -0.25) is 4.79 Å². The quantitative estimate of drug-likeness (QED) is 0.407. The molecule has 10 heteroatoms. The van der Waals surface area contributed by atoms with Gasteiger partial charge in [-0.1, -0.05) is 13.0 Å². The maximum Gasteiger partial charge on any atom is 0.242 e. The van der Waals surface area contributed by atoms with Gasteiger partial charge in [0.1, 0.15) is 22.8 Å². The van der Waals surface area contributed by atoms with E-state index in [1.165, 1.54) is 5.56 Å². The zero-order valence-corrected chi connectivity index (χ0v) is 20.5. The Labute approximate surface area is 206 Å². The van der Waals surface area contributed by atoms with Gasteiger partial charge in [-0.15, -0.1) is 11.3 Å². The minimum atomic E-state index is 0.0664. The summed E-state index contributed by atoms with van der Waals surface area (Å²) in [4.78, 5) is 39.1. The van der Waals surface area contributed by atoms with Crippen LogP contribution in [-0.2, 0) is 17.8 Å². The van der Waals surface area contributed by atoms with Crippen LogP contribution in [0.15, 0.2) is 48.4 Å². The van der Waals surface area contributed by atoms with Crippen LogP contribution in [0.2, 0.25) is 0 Å². The lowest BCUT2D eigenvalue weighted by atomic mass is 10.1. The molecule has 1 fully saturated rings. The molecule has 1 N–H and O–H groups in total. The third kappa shape index (κ3) is 3.93. The number of carbonyl (C=O) groups is 1. The first-order valence-electron chi connectivity index (χ1n) is 11.8. The standard InChI is InChI=1S/C25H26N8OS/c1-3-17-6-7-18-20(11-17)30-23(29-18)22-25(35-15-28-22)31-9-10-33(16(2)12-31)21(34)13-32-14-27-19-5-4-8-26-24(19)32/h4-8,11,14-16H,3,9-10,12-13H2,1-2H3,(H,29,30)/t16-/m1/s1. The molecule has 1 saturated heterocycles. The van der Waals surface area contributed by atoms with Gasteiger partial charge >= 0.3 is 0 Å². The van der Waals surface area contributed by atoms with Crippen molar-refractivity contribution < 1.29 is 4.79 Å². The monoisotopic (exact) mass is 486 g/mol. The second kappa shape index (κ2) is 8.77. The first-order chi connectivity index (χ1) is 17.1. The molecule has 1 aliphatic heterocycles. The van der Waals surface area contributed by atoms with E-state index in [4.69, 9.17) is 4.98 Å². The maximum absolute atomic E-state index is 13.2. The number of H-pyrrole nitrogens is 1. The van der Waals surface area contributed by atoms with Crippen LogP contribution in [0.1, 0.15) is 19.4 Å². The number of nitrogens with one attached hydrogen (secondary N) is 1. The molecule has 1 amide bonds. The highest BCUT2D eigenvalue weighted by molar-refractivity contribution is 7.14. The highest BCUT2D eigenvalue weighted by Crippen LogP contribution is 2.34. The number of aromatic amines is 1. The average Bonchev–Trinajstić information content (AvgIpc) is 3.61. The molecule has 6 rings (SSSR count). The molecule has 5 aromatic rings. The molecule has 0 aliphatic carbocycles. The van der Waals surface area contributed by atoms with Gasteiger partial charge in [0.15, 0.2) is 11.5 Å². The van der Waals surface area contributed by atoms with E-state index < -0.39 is 0 Å². The Morgan fingerprint density at radius 1 is 1.17 bits per heavy atom. The third-order valence-corrected chi connectivity index (χ3v) is 7.53. The first-order valence-corrected chi connectivity index (χ1v) is 12.7. The number of hydrogen-bond donors (Lipinski definition) is 1. The van der Waals surface area contributed by atoms with Gasteiger partial charge in [0.2, 0.25) is 5.91 Å². The van der Waals surface area contributed by atoms with Gasteiger partial charge in [0.25, 0.3) is 0 Å². The van der Waals surface area contributed by atoms with E-state index in [0.29, 0.717) is 6.54 Å². The van der Waals surface area contributed by atoms with Gasteiger partial charge in [-0.05, 0) is 43.2 Å². The van der Waals surface area contributed by atoms with Gasteiger partial charge in [0, 0.05) is 31.9 Å². The Morgan fingerprint density at radius 3 is 2.94 bits per heavy atom. The molecule has 0 bridgehead atoms. The van der Waals surface area contributed by atoms with Gasteiger partial charge in [0.05, 0.1) is 22.9 Å². The summed E-state index contributed by atoms with van der Waals surface area (Å²) in [7, 11) is 0. The summed E-state index contributed by atoms with van der Waals surface area (Å²) in [5.74, 6) is 0.866. The predicted molar refractivity (Wildman–Crippen MR) is 137 cm³/mol. The van der Waals surface area contributed by atoms with Crippen molar-refractivity contribution in [2.75, 3.05) is 24.5 Å². The van der Waals surface area contributed by atoms with Crippen molar-refractivity contribution in [1.82, 2.24) is 34.4 Å². The van der Waals surface area contributed by atoms with E-state index in [1.54, 1.807) is 23.9 Å². The Hall–Kier alpha value is -3.79. The molecule has 9 nitrogen and oxygen atoms in total. The SMILES string of the molecule is CCc1ccc2nc(-c3ncsc3N3CCN(C(=O)Cn4cnc5cccnc54)[C@H](C)C3)[nH]c2c1. The third-order valence-electron chi connectivity index (χ3n) is 6.64. The summed E-state index contributed by atoms with van der Waals surface area (Å²) in [6.45, 7) is 6.62. The number of hydrogen-bond acceptors (Lipinski definition) is 7. The zero-order valence-electron chi connectivity index (χ0n) is 19.7. The fourth-order valence-electron chi connectivity index (χ4n) is 4.78. The summed E-state index contributed by atoms with van der Waals surface area (Å²) in [6.07, 6.45) is 4.40. The van der Waals surface area contributed by atoms with Crippen LogP contribution in [-0.4, -0.2) is 66.0 Å². The normalized spacial score (nSPS) is 16.5. The average molecular weight is 487 g/mol. The fraction of sp³-hybridized carbons (Fsp3) is 0.320. The molecule has 0 radical (unpaired) electrons. The van der Waals surface area contributed by atoms with Gasteiger partial charge < -0.3 is 19.4 Å². The summed E-state index contributed by atoms with van der Waals surface area (Å²) < 4.78 is 1.82. The molecule has 1 aromatic carbocycles. The highest BCUT2D eigenvalue weighted by atomic mass is 32.1. The van der Waals surface area contributed by atoms with Crippen molar-refractivity contribution in [3.8, 4) is 11.5 Å². The van der Waals surface area contributed by atoms with Crippen molar-refractivity contribution in [2.45, 2.75) is 32.9 Å². The van der Waals surface area contributed by atoms with E-state index in [2.05, 4.69) is 56.9 Å². The largest absolute Gasteiger partial charge is 0.358 e. The number of amides is 1. The molecule has 0 spiro atoms. The number of carbonyl (C=O) groups excluding carboxylic acids is 1. The number of piperazine rings is 1. The van der Waals surface area contributed by atoms with Gasteiger partial charge in [-0.2, -0.15) is 0 Å². The molecular weight excluding hydrogens is 460 g/mol. The summed E-state index contributed by atoms with van der Waals surface area (Å²) in [5.41, 5.74) is 7.53. The number of aryl methyl sites for hydroxylation is 1. The van der Waals surface area contributed by atoms with Crippen LogP contribution < -0.4 is 4.90 Å². The second-order valence-corrected chi connectivity index (χ2v) is 9.73. The Balaban J connectivity index is 1.18. The van der Waals surface area contributed by atoms with Crippen LogP contribution in [0.4, 0.5) is 5.00 Å². The minimum Gasteiger partial charge on any atom is -0.358 e. The smallest absolute Gasteiger partial charge is 0.242 e. The van der Waals surface area contributed by atoms with Gasteiger partial charge in [-0.25, -0.2) is 19.9 Å². The molecule has 4 aromatic heterocycles. The zero-order chi connectivity index (χ0) is 23.9. The number of aromatic nitrogens is 6. The van der Waals surface area contributed by atoms with Crippen molar-refractivity contribution >= 4 is 44.4 Å². The number of anilines is 1. The lowest BCUT2D eigenvalue weighted by Gasteiger charge is -2.40. The fourth-order valence-corrected chi connectivity index (χ4v) is 5.61. The number of imidazole rings is 2. The summed E-state index contributed by atoms with van der Waals surface area (Å²) in [6, 6.07) is 10.2. The maximum atomic E-state index is 13.2. The number of benzene rings is 1. The van der Waals surface area contributed by atoms with Crippen molar-refractivity contribution in [3.05, 3.63) is 53.9 Å². The van der Waals surface area contributed by atoms with Crippen LogP contribution in [0.25, 0.3) is 33.7 Å². The highest BCUT2D eigenvalue weighted by Gasteiger charge is 2.30. The topological polar surface area (TPSA) is 95.8 Å². The van der Waals surface area contributed by atoms with E-state index in [-0.39, 0.29) is 18.5 Å². The van der Waals surface area contributed by atoms with Crippen LogP contribution in [0.5, 0.6) is 0 Å². The Bertz CT molecular complexity index is 1520. The molecular formula is C25H26N8OS. The summed E-state index contributed by atoms with van der Waals surface area (Å²) >= 11 is 1.62. The number of thiazole rings is 1. The number of nitrogens with zero attached hydrogens (tertiary/aromatic N) is 7. The minimum absolute atomic E-state index is 0.0664. The predicted octanol–water partition coefficient (Wildman–Crippen LogP) is 3.73. The molecule has 1 atom stereocenters.